The van der Waals surface area contributed by atoms with Crippen LogP contribution in [0.15, 0.2) is 18.2 Å². The lowest BCUT2D eigenvalue weighted by molar-refractivity contribution is -0.146. The van der Waals surface area contributed by atoms with Crippen LogP contribution in [0.1, 0.15) is 16.5 Å². The first-order valence-corrected chi connectivity index (χ1v) is 5.79. The average molecular weight is 257 g/mol. The van der Waals surface area contributed by atoms with Crippen LogP contribution in [0.2, 0.25) is 5.02 Å². The Balaban J connectivity index is 2.72. The maximum atomic E-state index is 10.8. The number of aryl methyl sites for hydroxylation is 1. The van der Waals surface area contributed by atoms with Gasteiger partial charge >= 0.3 is 5.97 Å². The van der Waals surface area contributed by atoms with Crippen molar-refractivity contribution in [2.45, 2.75) is 13.0 Å². The molecule has 2 aromatic rings. The first kappa shape index (κ1) is 11.4. The second kappa shape index (κ2) is 4.05. The minimum atomic E-state index is -1.49. The normalized spacial score (nSPS) is 12.9. The summed E-state index contributed by atoms with van der Waals surface area (Å²) in [5.74, 6) is -1.25. The Hall–Kier alpha value is -1.10. The zero-order valence-electron chi connectivity index (χ0n) is 8.40. The minimum Gasteiger partial charge on any atom is -0.479 e. The molecule has 1 heterocycles. The van der Waals surface area contributed by atoms with Gasteiger partial charge in [0.2, 0.25) is 0 Å². The molecule has 0 saturated carbocycles. The van der Waals surface area contributed by atoms with Crippen molar-refractivity contribution in [3.05, 3.63) is 33.7 Å². The fraction of sp³-hybridized carbons (Fsp3) is 0.182. The van der Waals surface area contributed by atoms with Crippen molar-refractivity contribution in [1.82, 2.24) is 0 Å². The first-order valence-electron chi connectivity index (χ1n) is 4.60. The molecule has 3 nitrogen and oxygen atoms in total. The van der Waals surface area contributed by atoms with Gasteiger partial charge < -0.3 is 10.2 Å². The van der Waals surface area contributed by atoms with Crippen molar-refractivity contribution in [2.75, 3.05) is 0 Å². The van der Waals surface area contributed by atoms with Gasteiger partial charge in [0.25, 0.3) is 0 Å². The number of aliphatic hydroxyl groups is 1. The number of hydrogen-bond acceptors (Lipinski definition) is 3. The lowest BCUT2D eigenvalue weighted by atomic mass is 10.1. The van der Waals surface area contributed by atoms with E-state index in [1.165, 1.54) is 11.3 Å². The number of aliphatic carboxylic acids is 1. The highest BCUT2D eigenvalue weighted by Crippen LogP contribution is 2.36. The van der Waals surface area contributed by atoms with Gasteiger partial charge in [-0.3, -0.25) is 0 Å². The molecule has 1 aromatic carbocycles. The van der Waals surface area contributed by atoms with Crippen LogP contribution in [0.4, 0.5) is 0 Å². The van der Waals surface area contributed by atoms with E-state index in [0.29, 0.717) is 16.0 Å². The third kappa shape index (κ3) is 1.80. The zero-order chi connectivity index (χ0) is 11.9. The molecule has 5 heteroatoms. The fourth-order valence-electron chi connectivity index (χ4n) is 1.67. The molecule has 0 saturated heterocycles. The summed E-state index contributed by atoms with van der Waals surface area (Å²) in [4.78, 5) is 11.6. The van der Waals surface area contributed by atoms with Gasteiger partial charge in [-0.25, -0.2) is 4.79 Å². The molecule has 0 bridgehead atoms. The van der Waals surface area contributed by atoms with E-state index in [4.69, 9.17) is 16.7 Å². The van der Waals surface area contributed by atoms with Crippen molar-refractivity contribution in [2.24, 2.45) is 0 Å². The molecule has 0 aliphatic heterocycles. The van der Waals surface area contributed by atoms with Crippen molar-refractivity contribution < 1.29 is 15.0 Å². The molecule has 0 aliphatic rings. The SMILES string of the molecule is Cc1sc2ccc(Cl)cc2c1C(O)C(=O)O. The highest BCUT2D eigenvalue weighted by atomic mass is 35.5. The highest BCUT2D eigenvalue weighted by Gasteiger charge is 2.22. The number of fused-ring (bicyclic) bond motifs is 1. The predicted molar refractivity (Wildman–Crippen MR) is 64.2 cm³/mol. The van der Waals surface area contributed by atoms with Crippen molar-refractivity contribution >= 4 is 39.0 Å². The summed E-state index contributed by atoms with van der Waals surface area (Å²) >= 11 is 7.31. The minimum absolute atomic E-state index is 0.440. The van der Waals surface area contributed by atoms with Crippen LogP contribution < -0.4 is 0 Å². The third-order valence-electron chi connectivity index (χ3n) is 2.38. The van der Waals surface area contributed by atoms with Gasteiger partial charge in [0.1, 0.15) is 0 Å². The van der Waals surface area contributed by atoms with E-state index in [-0.39, 0.29) is 0 Å². The summed E-state index contributed by atoms with van der Waals surface area (Å²) < 4.78 is 0.928. The molecule has 16 heavy (non-hydrogen) atoms. The van der Waals surface area contributed by atoms with E-state index in [2.05, 4.69) is 0 Å². The highest BCUT2D eigenvalue weighted by molar-refractivity contribution is 7.19. The number of halogens is 1. The smallest absolute Gasteiger partial charge is 0.337 e. The maximum absolute atomic E-state index is 10.8. The molecule has 0 amide bonds. The monoisotopic (exact) mass is 256 g/mol. The molecule has 1 atom stereocenters. The summed E-state index contributed by atoms with van der Waals surface area (Å²) in [6.07, 6.45) is -1.49. The van der Waals surface area contributed by atoms with Crippen molar-refractivity contribution in [3.8, 4) is 0 Å². The molecule has 2 rings (SSSR count). The number of benzene rings is 1. The van der Waals surface area contributed by atoms with Gasteiger partial charge in [0.05, 0.1) is 0 Å². The lowest BCUT2D eigenvalue weighted by Gasteiger charge is -2.05. The van der Waals surface area contributed by atoms with Crippen LogP contribution in [0.3, 0.4) is 0 Å². The van der Waals surface area contributed by atoms with Gasteiger partial charge in [0, 0.05) is 25.5 Å². The Morgan fingerprint density at radius 3 is 2.81 bits per heavy atom. The topological polar surface area (TPSA) is 57.5 Å². The maximum Gasteiger partial charge on any atom is 0.337 e. The van der Waals surface area contributed by atoms with Crippen LogP contribution in [-0.2, 0) is 4.79 Å². The molecule has 0 radical (unpaired) electrons. The molecule has 0 spiro atoms. The summed E-state index contributed by atoms with van der Waals surface area (Å²) in [7, 11) is 0. The third-order valence-corrected chi connectivity index (χ3v) is 3.72. The van der Waals surface area contributed by atoms with Crippen molar-refractivity contribution in [3.63, 3.8) is 0 Å². The number of rotatable bonds is 2. The van der Waals surface area contributed by atoms with Crippen LogP contribution >= 0.6 is 22.9 Å². The molecule has 1 unspecified atom stereocenters. The van der Waals surface area contributed by atoms with E-state index in [1.807, 2.05) is 6.07 Å². The second-order valence-electron chi connectivity index (χ2n) is 3.45. The Labute approximate surface area is 101 Å². The predicted octanol–water partition coefficient (Wildman–Crippen LogP) is 2.98. The lowest BCUT2D eigenvalue weighted by Crippen LogP contribution is -2.10. The van der Waals surface area contributed by atoms with Crippen LogP contribution in [0.5, 0.6) is 0 Å². The number of carbonyl (C=O) groups is 1. The summed E-state index contributed by atoms with van der Waals surface area (Å²) in [5.41, 5.74) is 0.440. The summed E-state index contributed by atoms with van der Waals surface area (Å²) in [5, 5.41) is 19.7. The molecule has 2 N–H and O–H groups in total. The van der Waals surface area contributed by atoms with E-state index < -0.39 is 12.1 Å². The Bertz CT molecular complexity index is 562. The molecule has 0 fully saturated rings. The number of hydrogen-bond donors (Lipinski definition) is 2. The van der Waals surface area contributed by atoms with Crippen molar-refractivity contribution in [1.29, 1.82) is 0 Å². The number of carboxylic acid groups (broad SMARTS) is 1. The number of carboxylic acids is 1. The standard InChI is InChI=1S/C11H9ClO3S/c1-5-9(10(13)11(14)15)7-4-6(12)2-3-8(7)16-5/h2-4,10,13H,1H3,(H,14,15). The van der Waals surface area contributed by atoms with Gasteiger partial charge in [-0.1, -0.05) is 11.6 Å². The number of aliphatic hydroxyl groups excluding tert-OH is 1. The summed E-state index contributed by atoms with van der Waals surface area (Å²) in [6, 6.07) is 5.26. The van der Waals surface area contributed by atoms with Gasteiger partial charge in [0.15, 0.2) is 6.10 Å². The fourth-order valence-corrected chi connectivity index (χ4v) is 2.92. The molecule has 1 aromatic heterocycles. The van der Waals surface area contributed by atoms with Gasteiger partial charge in [-0.2, -0.15) is 0 Å². The Morgan fingerprint density at radius 2 is 2.19 bits per heavy atom. The molecular weight excluding hydrogens is 248 g/mol. The Morgan fingerprint density at radius 1 is 1.50 bits per heavy atom. The van der Waals surface area contributed by atoms with E-state index in [1.54, 1.807) is 19.1 Å². The first-order chi connectivity index (χ1) is 7.50. The van der Waals surface area contributed by atoms with E-state index in [9.17, 15) is 9.90 Å². The molecular formula is C11H9ClO3S. The number of thiophene rings is 1. The zero-order valence-corrected chi connectivity index (χ0v) is 9.97. The van der Waals surface area contributed by atoms with Gasteiger partial charge in [-0.05, 0) is 25.1 Å². The molecule has 0 aliphatic carbocycles. The quantitative estimate of drug-likeness (QED) is 0.869. The largest absolute Gasteiger partial charge is 0.479 e. The molecule has 84 valence electrons. The van der Waals surface area contributed by atoms with E-state index >= 15 is 0 Å². The van der Waals surface area contributed by atoms with Crippen LogP contribution in [0.25, 0.3) is 10.1 Å². The van der Waals surface area contributed by atoms with Crippen LogP contribution in [0, 0.1) is 6.92 Å². The summed E-state index contributed by atoms with van der Waals surface area (Å²) in [6.45, 7) is 1.79. The van der Waals surface area contributed by atoms with Crippen LogP contribution in [-0.4, -0.2) is 16.2 Å². The van der Waals surface area contributed by atoms with Gasteiger partial charge in [-0.15, -0.1) is 11.3 Å². The second-order valence-corrected chi connectivity index (χ2v) is 5.15. The van der Waals surface area contributed by atoms with E-state index in [0.717, 1.165) is 9.58 Å². The Kier molecular flexibility index (Phi) is 2.88. The average Bonchev–Trinajstić information content (AvgIpc) is 2.52.